The third-order valence-corrected chi connectivity index (χ3v) is 7.25. The Kier molecular flexibility index (Phi) is 4.50. The number of fused-ring (bicyclic) bond motifs is 2. The molecular formula is C22H33N. The first-order valence-electron chi connectivity index (χ1n) is 10.1. The molecule has 0 radical (unpaired) electrons. The normalized spacial score (nSPS) is 30.5. The van der Waals surface area contributed by atoms with Crippen LogP contribution in [0, 0.1) is 5.92 Å². The highest BCUT2D eigenvalue weighted by atomic mass is 15.2. The summed E-state index contributed by atoms with van der Waals surface area (Å²) in [5.74, 6) is 1.04. The minimum atomic E-state index is 0.534. The Labute approximate surface area is 142 Å². The van der Waals surface area contributed by atoms with Gasteiger partial charge < -0.3 is 4.90 Å². The van der Waals surface area contributed by atoms with Crippen molar-refractivity contribution >= 4 is 0 Å². The Bertz CT molecular complexity index is 519. The molecular weight excluding hydrogens is 278 g/mol. The third kappa shape index (κ3) is 2.97. The summed E-state index contributed by atoms with van der Waals surface area (Å²) >= 11 is 0. The first kappa shape index (κ1) is 15.7. The largest absolute Gasteiger partial charge is 0.300 e. The van der Waals surface area contributed by atoms with Crippen molar-refractivity contribution in [3.63, 3.8) is 0 Å². The molecule has 1 heterocycles. The number of hydrogen-bond donors (Lipinski definition) is 0. The van der Waals surface area contributed by atoms with Crippen molar-refractivity contribution in [2.45, 2.75) is 82.6 Å². The molecule has 0 aromatic heterocycles. The number of benzene rings is 1. The molecule has 1 spiro atoms. The van der Waals surface area contributed by atoms with Crippen LogP contribution < -0.4 is 0 Å². The van der Waals surface area contributed by atoms with Crippen LogP contribution in [0.3, 0.4) is 0 Å². The van der Waals surface area contributed by atoms with Gasteiger partial charge in [0.05, 0.1) is 0 Å². The number of hydrogen-bond acceptors (Lipinski definition) is 1. The standard InChI is InChI=1S/C22H33N/c1-2-5-18-8-10-20(11-9-18)23-16-14-22(15-17-23)13-12-19-6-3-4-7-21(19)22/h3-4,6-7,18,20H,2,5,8-17H2,1H3. The van der Waals surface area contributed by atoms with Crippen LogP contribution in [0.15, 0.2) is 24.3 Å². The molecule has 3 aliphatic rings. The van der Waals surface area contributed by atoms with Gasteiger partial charge in [-0.1, -0.05) is 44.0 Å². The lowest BCUT2D eigenvalue weighted by Gasteiger charge is -2.45. The molecule has 0 atom stereocenters. The quantitative estimate of drug-likeness (QED) is 0.729. The van der Waals surface area contributed by atoms with Crippen molar-refractivity contribution < 1.29 is 0 Å². The first-order chi connectivity index (χ1) is 11.3. The van der Waals surface area contributed by atoms with Gasteiger partial charge in [-0.2, -0.15) is 0 Å². The molecule has 1 aliphatic heterocycles. The molecule has 0 N–H and O–H groups in total. The van der Waals surface area contributed by atoms with Gasteiger partial charge in [-0.25, -0.2) is 0 Å². The zero-order valence-corrected chi connectivity index (χ0v) is 14.9. The van der Waals surface area contributed by atoms with Gasteiger partial charge in [0.25, 0.3) is 0 Å². The van der Waals surface area contributed by atoms with Gasteiger partial charge in [-0.15, -0.1) is 0 Å². The van der Waals surface area contributed by atoms with E-state index in [1.807, 2.05) is 0 Å². The summed E-state index contributed by atoms with van der Waals surface area (Å²) in [7, 11) is 0. The van der Waals surface area contributed by atoms with E-state index in [2.05, 4.69) is 36.1 Å². The van der Waals surface area contributed by atoms with Gasteiger partial charge in [0.2, 0.25) is 0 Å². The molecule has 1 heteroatoms. The Morgan fingerprint density at radius 1 is 1.00 bits per heavy atom. The van der Waals surface area contributed by atoms with Gasteiger partial charge in [0.15, 0.2) is 0 Å². The fourth-order valence-corrected chi connectivity index (χ4v) is 5.81. The van der Waals surface area contributed by atoms with Gasteiger partial charge in [-0.3, -0.25) is 0 Å². The van der Waals surface area contributed by atoms with E-state index in [-0.39, 0.29) is 0 Å². The van der Waals surface area contributed by atoms with Gasteiger partial charge in [0, 0.05) is 6.04 Å². The monoisotopic (exact) mass is 311 g/mol. The predicted molar refractivity (Wildman–Crippen MR) is 97.9 cm³/mol. The maximum absolute atomic E-state index is 2.86. The van der Waals surface area contributed by atoms with E-state index in [1.54, 1.807) is 11.1 Å². The lowest BCUT2D eigenvalue weighted by Crippen LogP contribution is -2.47. The van der Waals surface area contributed by atoms with Crippen molar-refractivity contribution in [3.05, 3.63) is 35.4 Å². The molecule has 1 saturated heterocycles. The number of likely N-dealkylation sites (tertiary alicyclic amines) is 1. The van der Waals surface area contributed by atoms with Crippen LogP contribution >= 0.6 is 0 Å². The maximum Gasteiger partial charge on any atom is 0.00954 e. The van der Waals surface area contributed by atoms with Crippen LogP contribution in [0.1, 0.15) is 75.8 Å². The lowest BCUT2D eigenvalue weighted by molar-refractivity contribution is 0.0810. The minimum absolute atomic E-state index is 0.534. The fourth-order valence-electron chi connectivity index (χ4n) is 5.81. The van der Waals surface area contributed by atoms with Crippen LogP contribution in [0.4, 0.5) is 0 Å². The number of piperidine rings is 1. The molecule has 0 unspecified atom stereocenters. The second-order valence-electron chi connectivity index (χ2n) is 8.44. The number of rotatable bonds is 3. The Balaban J connectivity index is 1.36. The van der Waals surface area contributed by atoms with Crippen molar-refractivity contribution in [1.82, 2.24) is 4.90 Å². The van der Waals surface area contributed by atoms with Crippen LogP contribution in [0.2, 0.25) is 0 Å². The first-order valence-corrected chi connectivity index (χ1v) is 10.1. The van der Waals surface area contributed by atoms with E-state index in [9.17, 15) is 0 Å². The SMILES string of the molecule is CCCC1CCC(N2CCC3(CCc4ccccc43)CC2)CC1. The van der Waals surface area contributed by atoms with Crippen LogP contribution in [-0.2, 0) is 11.8 Å². The number of nitrogens with zero attached hydrogens (tertiary/aromatic N) is 1. The summed E-state index contributed by atoms with van der Waals surface area (Å²) in [6, 6.07) is 10.2. The average molecular weight is 312 g/mol. The van der Waals surface area contributed by atoms with E-state index in [1.165, 1.54) is 77.3 Å². The summed E-state index contributed by atoms with van der Waals surface area (Å²) in [6.45, 7) is 5.03. The second-order valence-corrected chi connectivity index (χ2v) is 8.44. The molecule has 1 aromatic rings. The summed E-state index contributed by atoms with van der Waals surface area (Å²) in [6.07, 6.45) is 14.3. The van der Waals surface area contributed by atoms with E-state index in [0.717, 1.165) is 12.0 Å². The number of aryl methyl sites for hydroxylation is 1. The zero-order chi connectivity index (χ0) is 15.7. The highest BCUT2D eigenvalue weighted by Crippen LogP contribution is 2.47. The Morgan fingerprint density at radius 2 is 1.74 bits per heavy atom. The second kappa shape index (κ2) is 6.59. The van der Waals surface area contributed by atoms with Crippen LogP contribution in [0.5, 0.6) is 0 Å². The van der Waals surface area contributed by atoms with Gasteiger partial charge in [-0.05, 0) is 86.9 Å². The van der Waals surface area contributed by atoms with Gasteiger partial charge >= 0.3 is 0 Å². The molecule has 126 valence electrons. The highest BCUT2D eigenvalue weighted by Gasteiger charge is 2.42. The Hall–Kier alpha value is -0.820. The average Bonchev–Trinajstić information content (AvgIpc) is 2.96. The van der Waals surface area contributed by atoms with Crippen molar-refractivity contribution in [2.75, 3.05) is 13.1 Å². The van der Waals surface area contributed by atoms with Crippen LogP contribution in [0.25, 0.3) is 0 Å². The molecule has 0 bridgehead atoms. The molecule has 0 amide bonds. The predicted octanol–water partition coefficient (Wildman–Crippen LogP) is 5.33. The molecule has 1 aromatic carbocycles. The third-order valence-electron chi connectivity index (χ3n) is 7.25. The molecule has 2 aliphatic carbocycles. The maximum atomic E-state index is 2.86. The summed E-state index contributed by atoms with van der Waals surface area (Å²) in [5.41, 5.74) is 3.87. The van der Waals surface area contributed by atoms with Crippen molar-refractivity contribution in [1.29, 1.82) is 0 Å². The minimum Gasteiger partial charge on any atom is -0.300 e. The lowest BCUT2D eigenvalue weighted by atomic mass is 9.73. The van der Waals surface area contributed by atoms with E-state index < -0.39 is 0 Å². The van der Waals surface area contributed by atoms with Crippen LogP contribution in [-0.4, -0.2) is 24.0 Å². The fraction of sp³-hybridized carbons (Fsp3) is 0.727. The molecule has 4 rings (SSSR count). The van der Waals surface area contributed by atoms with E-state index in [0.29, 0.717) is 5.41 Å². The summed E-state index contributed by atoms with van der Waals surface area (Å²) in [4.78, 5) is 2.86. The Morgan fingerprint density at radius 3 is 2.48 bits per heavy atom. The molecule has 1 nitrogen and oxygen atoms in total. The zero-order valence-electron chi connectivity index (χ0n) is 14.9. The topological polar surface area (TPSA) is 3.24 Å². The molecule has 1 saturated carbocycles. The summed E-state index contributed by atoms with van der Waals surface area (Å²) < 4.78 is 0. The van der Waals surface area contributed by atoms with Crippen molar-refractivity contribution in [2.24, 2.45) is 5.92 Å². The highest BCUT2D eigenvalue weighted by molar-refractivity contribution is 5.39. The smallest absolute Gasteiger partial charge is 0.00954 e. The molecule has 23 heavy (non-hydrogen) atoms. The van der Waals surface area contributed by atoms with E-state index >= 15 is 0 Å². The van der Waals surface area contributed by atoms with Crippen molar-refractivity contribution in [3.8, 4) is 0 Å². The van der Waals surface area contributed by atoms with E-state index in [4.69, 9.17) is 0 Å². The van der Waals surface area contributed by atoms with Gasteiger partial charge in [0.1, 0.15) is 0 Å². The summed E-state index contributed by atoms with van der Waals surface area (Å²) in [5, 5.41) is 0. The molecule has 2 fully saturated rings.